The second-order valence-electron chi connectivity index (χ2n) is 7.93. The normalized spacial score (nSPS) is 11.4. The Labute approximate surface area is 206 Å². The quantitative estimate of drug-likeness (QED) is 0.378. The van der Waals surface area contributed by atoms with Crippen LogP contribution >= 0.6 is 0 Å². The minimum atomic E-state index is -4.91. The molecular formula is C24H16F3N9O. The maximum Gasteiger partial charge on any atom is 0.434 e. The molecule has 0 atom stereocenters. The van der Waals surface area contributed by atoms with E-state index in [-0.39, 0.29) is 22.6 Å². The van der Waals surface area contributed by atoms with Gasteiger partial charge in [0.05, 0.1) is 40.4 Å². The number of fused-ring (bicyclic) bond motifs is 1. The molecule has 0 unspecified atom stereocenters. The molecule has 1 aromatic carbocycles. The van der Waals surface area contributed by atoms with Crippen LogP contribution in [0.2, 0.25) is 0 Å². The second-order valence-corrected chi connectivity index (χ2v) is 7.93. The third-order valence-electron chi connectivity index (χ3n) is 5.56. The number of alkyl halides is 3. The van der Waals surface area contributed by atoms with Gasteiger partial charge in [-0.3, -0.25) is 19.4 Å². The van der Waals surface area contributed by atoms with Gasteiger partial charge < -0.3 is 11.1 Å². The molecule has 0 aliphatic carbocycles. The van der Waals surface area contributed by atoms with Crippen LogP contribution in [0.25, 0.3) is 28.0 Å². The summed E-state index contributed by atoms with van der Waals surface area (Å²) in [6, 6.07) is 12.6. The van der Waals surface area contributed by atoms with Crippen LogP contribution in [0, 0.1) is 11.3 Å². The van der Waals surface area contributed by atoms with E-state index >= 15 is 0 Å². The summed E-state index contributed by atoms with van der Waals surface area (Å²) < 4.78 is 44.6. The Morgan fingerprint density at radius 3 is 2.65 bits per heavy atom. The number of amides is 1. The van der Waals surface area contributed by atoms with Crippen molar-refractivity contribution in [3.05, 3.63) is 77.9 Å². The first-order valence-corrected chi connectivity index (χ1v) is 10.7. The van der Waals surface area contributed by atoms with Crippen LogP contribution in [-0.4, -0.2) is 35.4 Å². The Bertz CT molecular complexity index is 1690. The van der Waals surface area contributed by atoms with Crippen molar-refractivity contribution in [2.45, 2.75) is 6.18 Å². The van der Waals surface area contributed by atoms with Gasteiger partial charge in [0.2, 0.25) is 0 Å². The Kier molecular flexibility index (Phi) is 5.56. The van der Waals surface area contributed by atoms with Gasteiger partial charge in [-0.25, -0.2) is 4.68 Å². The highest BCUT2D eigenvalue weighted by molar-refractivity contribution is 6.05. The molecule has 4 aromatic heterocycles. The zero-order valence-electron chi connectivity index (χ0n) is 19.0. The molecule has 184 valence electrons. The van der Waals surface area contributed by atoms with Crippen molar-refractivity contribution in [2.75, 3.05) is 11.1 Å². The third kappa shape index (κ3) is 4.20. The molecule has 4 heterocycles. The summed E-state index contributed by atoms with van der Waals surface area (Å²) in [5, 5.41) is 20.4. The number of aryl methyl sites for hydroxylation is 1. The number of carbonyl (C=O) groups is 1. The number of benzene rings is 1. The number of anilines is 2. The first-order valence-electron chi connectivity index (χ1n) is 10.7. The Balaban J connectivity index is 1.53. The number of rotatable bonds is 4. The van der Waals surface area contributed by atoms with E-state index in [9.17, 15) is 23.2 Å². The molecule has 0 bridgehead atoms. The Hall–Kier alpha value is -5.25. The van der Waals surface area contributed by atoms with Crippen molar-refractivity contribution >= 4 is 28.3 Å². The molecule has 5 aromatic rings. The number of halogens is 3. The van der Waals surface area contributed by atoms with Crippen molar-refractivity contribution in [2.24, 2.45) is 7.05 Å². The number of aromatic nitrogens is 6. The third-order valence-corrected chi connectivity index (χ3v) is 5.56. The van der Waals surface area contributed by atoms with Crippen LogP contribution in [0.5, 0.6) is 0 Å². The van der Waals surface area contributed by atoms with E-state index in [2.05, 4.69) is 25.5 Å². The van der Waals surface area contributed by atoms with E-state index in [1.54, 1.807) is 31.3 Å². The van der Waals surface area contributed by atoms with Gasteiger partial charge >= 0.3 is 6.18 Å². The maximum absolute atomic E-state index is 14.2. The molecule has 5 rings (SSSR count). The molecule has 0 fully saturated rings. The molecule has 0 aliphatic rings. The standard InChI is InChI=1S/C24H16F3N9O/c1-35-20(29)9-18(34-35)21-13(10-28)8-14(11-31-21)33-23(37)16-12-32-36(22(16)24(25,26)27)19-6-2-5-17-15(19)4-3-7-30-17/h2-9,11-12H,29H2,1H3,(H,33,37). The molecule has 3 N–H and O–H groups in total. The lowest BCUT2D eigenvalue weighted by Gasteiger charge is -2.14. The van der Waals surface area contributed by atoms with Crippen molar-refractivity contribution in [3.8, 4) is 23.1 Å². The summed E-state index contributed by atoms with van der Waals surface area (Å²) in [5.74, 6) is -0.728. The highest BCUT2D eigenvalue weighted by Crippen LogP contribution is 2.35. The fraction of sp³-hybridized carbons (Fsp3) is 0.0833. The van der Waals surface area contributed by atoms with E-state index in [0.29, 0.717) is 27.1 Å². The lowest BCUT2D eigenvalue weighted by Crippen LogP contribution is -2.21. The lowest BCUT2D eigenvalue weighted by molar-refractivity contribution is -0.143. The smallest absolute Gasteiger partial charge is 0.384 e. The maximum atomic E-state index is 14.2. The SMILES string of the molecule is Cn1nc(-c2ncc(NC(=O)c3cnn(-c4cccc5ncccc45)c3C(F)(F)F)cc2C#N)cc1N. The van der Waals surface area contributed by atoms with Gasteiger partial charge in [0, 0.05) is 24.7 Å². The monoisotopic (exact) mass is 503 g/mol. The van der Waals surface area contributed by atoms with Gasteiger partial charge in [-0.05, 0) is 30.3 Å². The van der Waals surface area contributed by atoms with Gasteiger partial charge in [-0.2, -0.15) is 28.6 Å². The van der Waals surface area contributed by atoms with Crippen LogP contribution in [0.3, 0.4) is 0 Å². The highest BCUT2D eigenvalue weighted by atomic mass is 19.4. The van der Waals surface area contributed by atoms with E-state index in [1.165, 1.54) is 35.3 Å². The summed E-state index contributed by atoms with van der Waals surface area (Å²) in [6.07, 6.45) is -1.33. The molecule has 0 saturated heterocycles. The van der Waals surface area contributed by atoms with Crippen molar-refractivity contribution in [1.29, 1.82) is 5.26 Å². The summed E-state index contributed by atoms with van der Waals surface area (Å²) in [5.41, 5.74) is 5.02. The largest absolute Gasteiger partial charge is 0.434 e. The van der Waals surface area contributed by atoms with Crippen molar-refractivity contribution in [1.82, 2.24) is 29.5 Å². The minimum absolute atomic E-state index is 0.0180. The first-order chi connectivity index (χ1) is 17.7. The number of hydrogen-bond acceptors (Lipinski definition) is 7. The van der Waals surface area contributed by atoms with Crippen LogP contribution in [-0.2, 0) is 13.2 Å². The van der Waals surface area contributed by atoms with Gasteiger partial charge in [0.15, 0.2) is 5.69 Å². The number of pyridine rings is 2. The number of nitrogens with two attached hydrogens (primary N) is 1. The predicted molar refractivity (Wildman–Crippen MR) is 127 cm³/mol. The lowest BCUT2D eigenvalue weighted by atomic mass is 10.1. The summed E-state index contributed by atoms with van der Waals surface area (Å²) in [4.78, 5) is 21.3. The van der Waals surface area contributed by atoms with Crippen LogP contribution < -0.4 is 11.1 Å². The Morgan fingerprint density at radius 1 is 1.14 bits per heavy atom. The molecule has 10 nitrogen and oxygen atoms in total. The highest BCUT2D eigenvalue weighted by Gasteiger charge is 2.41. The summed E-state index contributed by atoms with van der Waals surface area (Å²) in [6.45, 7) is 0. The van der Waals surface area contributed by atoms with Crippen LogP contribution in [0.4, 0.5) is 24.7 Å². The van der Waals surface area contributed by atoms with E-state index in [1.807, 2.05) is 6.07 Å². The topological polar surface area (TPSA) is 140 Å². The first kappa shape index (κ1) is 23.5. The number of carbonyl (C=O) groups excluding carboxylic acids is 1. The summed E-state index contributed by atoms with van der Waals surface area (Å²) in [7, 11) is 1.62. The predicted octanol–water partition coefficient (Wildman–Crippen LogP) is 3.94. The van der Waals surface area contributed by atoms with Crippen molar-refractivity contribution < 1.29 is 18.0 Å². The second kappa shape index (κ2) is 8.76. The molecule has 13 heteroatoms. The number of nitrogens with one attached hydrogen (secondary N) is 1. The molecule has 1 amide bonds. The fourth-order valence-corrected chi connectivity index (χ4v) is 3.86. The van der Waals surface area contributed by atoms with Crippen LogP contribution in [0.15, 0.2) is 61.1 Å². The van der Waals surface area contributed by atoms with E-state index in [4.69, 9.17) is 5.73 Å². The number of hydrogen-bond donors (Lipinski definition) is 2. The van der Waals surface area contributed by atoms with Gasteiger partial charge in [-0.15, -0.1) is 0 Å². The van der Waals surface area contributed by atoms with E-state index in [0.717, 1.165) is 6.20 Å². The zero-order valence-corrected chi connectivity index (χ0v) is 19.0. The van der Waals surface area contributed by atoms with Gasteiger partial charge in [-0.1, -0.05) is 6.07 Å². The molecular weight excluding hydrogens is 487 g/mol. The minimum Gasteiger partial charge on any atom is -0.384 e. The van der Waals surface area contributed by atoms with Gasteiger partial charge in [0.25, 0.3) is 5.91 Å². The molecule has 0 saturated carbocycles. The fourth-order valence-electron chi connectivity index (χ4n) is 3.86. The average Bonchev–Trinajstić information content (AvgIpc) is 3.47. The number of nitrogens with zero attached hydrogens (tertiary/aromatic N) is 7. The van der Waals surface area contributed by atoms with E-state index < -0.39 is 23.3 Å². The summed E-state index contributed by atoms with van der Waals surface area (Å²) >= 11 is 0. The number of nitriles is 1. The van der Waals surface area contributed by atoms with Gasteiger partial charge in [0.1, 0.15) is 23.3 Å². The van der Waals surface area contributed by atoms with Crippen molar-refractivity contribution in [3.63, 3.8) is 0 Å². The average molecular weight is 503 g/mol. The Morgan fingerprint density at radius 2 is 1.95 bits per heavy atom. The molecule has 37 heavy (non-hydrogen) atoms. The zero-order chi connectivity index (χ0) is 26.3. The van der Waals surface area contributed by atoms with Crippen LogP contribution in [0.1, 0.15) is 21.6 Å². The number of nitrogen functional groups attached to an aromatic ring is 1. The molecule has 0 radical (unpaired) electrons. The molecule has 0 spiro atoms. The molecule has 0 aliphatic heterocycles.